The highest BCUT2D eigenvalue weighted by Gasteiger charge is 2.33. The number of carbonyl (C=O) groups is 2. The van der Waals surface area contributed by atoms with Gasteiger partial charge < -0.3 is 15.3 Å². The minimum absolute atomic E-state index is 0.126. The van der Waals surface area contributed by atoms with E-state index < -0.39 is 11.9 Å². The maximum Gasteiger partial charge on any atom is 0.309 e. The predicted octanol–water partition coefficient (Wildman–Crippen LogP) is 1.52. The molecule has 25 heavy (non-hydrogen) atoms. The summed E-state index contributed by atoms with van der Waals surface area (Å²) in [6.45, 7) is 2.09. The molecule has 1 aliphatic heterocycles. The first-order chi connectivity index (χ1) is 12.1. The number of hydrogen-bond donors (Lipinski definition) is 2. The molecular formula is C18H26N4O3. The molecule has 0 radical (unpaired) electrons. The number of carboxylic acids is 1. The number of rotatable bonds is 4. The van der Waals surface area contributed by atoms with Gasteiger partial charge in [0.2, 0.25) is 0 Å². The fourth-order valence-electron chi connectivity index (χ4n) is 3.86. The van der Waals surface area contributed by atoms with E-state index in [0.717, 1.165) is 19.4 Å². The maximum absolute atomic E-state index is 12.9. The topological polar surface area (TPSA) is 85.8 Å². The number of pyridine rings is 1. The van der Waals surface area contributed by atoms with Crippen molar-refractivity contribution in [3.8, 4) is 0 Å². The van der Waals surface area contributed by atoms with E-state index in [4.69, 9.17) is 0 Å². The average molecular weight is 346 g/mol. The summed E-state index contributed by atoms with van der Waals surface area (Å²) >= 11 is 0. The van der Waals surface area contributed by atoms with Crippen LogP contribution in [0, 0.1) is 5.92 Å². The molecule has 7 heteroatoms. The minimum atomic E-state index is -0.826. The third-order valence-electron chi connectivity index (χ3n) is 5.29. The number of aliphatic carboxylic acids is 1. The van der Waals surface area contributed by atoms with Gasteiger partial charge in [-0.05, 0) is 25.0 Å². The number of amides is 1. The highest BCUT2D eigenvalue weighted by Crippen LogP contribution is 2.26. The second kappa shape index (κ2) is 7.82. The zero-order chi connectivity index (χ0) is 17.8. The molecule has 1 aliphatic carbocycles. The van der Waals surface area contributed by atoms with Crippen molar-refractivity contribution in [2.24, 2.45) is 5.92 Å². The molecule has 1 aromatic rings. The van der Waals surface area contributed by atoms with Crippen molar-refractivity contribution in [3.05, 3.63) is 23.9 Å². The number of hydrogen-bond acceptors (Lipinski definition) is 5. The second-order valence-electron chi connectivity index (χ2n) is 6.90. The van der Waals surface area contributed by atoms with E-state index in [9.17, 15) is 14.7 Å². The molecule has 3 rings (SSSR count). The van der Waals surface area contributed by atoms with Crippen LogP contribution in [0.1, 0.15) is 36.0 Å². The molecule has 2 aliphatic rings. The van der Waals surface area contributed by atoms with E-state index >= 15 is 0 Å². The third-order valence-corrected chi connectivity index (χ3v) is 5.29. The van der Waals surface area contributed by atoms with Crippen LogP contribution < -0.4 is 5.32 Å². The molecule has 0 spiro atoms. The van der Waals surface area contributed by atoms with Crippen LogP contribution in [0.2, 0.25) is 0 Å². The summed E-state index contributed by atoms with van der Waals surface area (Å²) < 4.78 is 0. The SMILES string of the molecule is CNc1cc(C(=O)N2CCN(C3CCCC3)C[C@H](C(=O)O)C2)ccn1. The Morgan fingerprint density at radius 3 is 2.68 bits per heavy atom. The highest BCUT2D eigenvalue weighted by atomic mass is 16.4. The number of carboxylic acid groups (broad SMARTS) is 1. The molecule has 0 bridgehead atoms. The molecule has 0 unspecified atom stereocenters. The van der Waals surface area contributed by atoms with Crippen LogP contribution >= 0.6 is 0 Å². The molecule has 2 fully saturated rings. The molecule has 1 aromatic heterocycles. The van der Waals surface area contributed by atoms with Crippen LogP contribution in [0.4, 0.5) is 5.82 Å². The highest BCUT2D eigenvalue weighted by molar-refractivity contribution is 5.95. The van der Waals surface area contributed by atoms with Crippen molar-refractivity contribution in [1.29, 1.82) is 0 Å². The van der Waals surface area contributed by atoms with Crippen molar-refractivity contribution in [2.45, 2.75) is 31.7 Å². The summed E-state index contributed by atoms with van der Waals surface area (Å²) in [5.74, 6) is -0.868. The Hall–Kier alpha value is -2.15. The van der Waals surface area contributed by atoms with Crippen LogP contribution in [0.25, 0.3) is 0 Å². The summed E-state index contributed by atoms with van der Waals surface area (Å²) in [7, 11) is 1.75. The second-order valence-corrected chi connectivity index (χ2v) is 6.90. The standard InChI is InChI=1S/C18H26N4O3/c1-19-16-10-13(6-7-20-16)17(23)22-9-8-21(15-4-2-3-5-15)11-14(12-22)18(24)25/h6-7,10,14-15H,2-5,8-9,11-12H2,1H3,(H,19,20)(H,24,25)/t14-/m0/s1. The van der Waals surface area contributed by atoms with E-state index in [-0.39, 0.29) is 12.5 Å². The molecule has 1 amide bonds. The average Bonchev–Trinajstić information content (AvgIpc) is 3.07. The first-order valence-corrected chi connectivity index (χ1v) is 8.98. The lowest BCUT2D eigenvalue weighted by atomic mass is 10.1. The monoisotopic (exact) mass is 346 g/mol. The summed E-state index contributed by atoms with van der Waals surface area (Å²) in [4.78, 5) is 32.7. The Morgan fingerprint density at radius 1 is 1.24 bits per heavy atom. The summed E-state index contributed by atoms with van der Waals surface area (Å²) in [6, 6.07) is 3.85. The quantitative estimate of drug-likeness (QED) is 0.860. The summed E-state index contributed by atoms with van der Waals surface area (Å²) in [5.41, 5.74) is 0.540. The van der Waals surface area contributed by atoms with Crippen molar-refractivity contribution in [2.75, 3.05) is 38.5 Å². The normalized spacial score (nSPS) is 22.6. The van der Waals surface area contributed by atoms with Gasteiger partial charge in [0, 0.05) is 51.0 Å². The molecule has 7 nitrogen and oxygen atoms in total. The molecule has 2 N–H and O–H groups in total. The number of nitrogens with one attached hydrogen (secondary N) is 1. The Morgan fingerprint density at radius 2 is 2.00 bits per heavy atom. The predicted molar refractivity (Wildman–Crippen MR) is 94.6 cm³/mol. The van der Waals surface area contributed by atoms with Crippen LogP contribution in [-0.4, -0.2) is 71.0 Å². The van der Waals surface area contributed by atoms with Gasteiger partial charge in [0.1, 0.15) is 5.82 Å². The number of anilines is 1. The Balaban J connectivity index is 1.76. The lowest BCUT2D eigenvalue weighted by molar-refractivity contribution is -0.142. The van der Waals surface area contributed by atoms with Crippen molar-refractivity contribution >= 4 is 17.7 Å². The molecule has 1 saturated carbocycles. The fraction of sp³-hybridized carbons (Fsp3) is 0.611. The van der Waals surface area contributed by atoms with Gasteiger partial charge in [0.05, 0.1) is 5.92 Å². The van der Waals surface area contributed by atoms with Crippen LogP contribution in [0.3, 0.4) is 0 Å². The first kappa shape index (κ1) is 17.7. The van der Waals surface area contributed by atoms with Crippen molar-refractivity contribution in [3.63, 3.8) is 0 Å². The summed E-state index contributed by atoms with van der Waals surface area (Å²) in [6.07, 6.45) is 6.29. The van der Waals surface area contributed by atoms with Gasteiger partial charge in [-0.25, -0.2) is 4.98 Å². The lowest BCUT2D eigenvalue weighted by Gasteiger charge is -2.28. The Bertz CT molecular complexity index is 631. The van der Waals surface area contributed by atoms with Crippen molar-refractivity contribution < 1.29 is 14.7 Å². The largest absolute Gasteiger partial charge is 0.481 e. The van der Waals surface area contributed by atoms with Crippen LogP contribution in [-0.2, 0) is 4.79 Å². The smallest absolute Gasteiger partial charge is 0.309 e. The fourth-order valence-corrected chi connectivity index (χ4v) is 3.86. The third kappa shape index (κ3) is 4.10. The molecule has 1 saturated heterocycles. The van der Waals surface area contributed by atoms with E-state index in [1.165, 1.54) is 12.8 Å². The van der Waals surface area contributed by atoms with E-state index in [0.29, 0.717) is 30.5 Å². The Kier molecular flexibility index (Phi) is 5.53. The van der Waals surface area contributed by atoms with Crippen LogP contribution in [0.5, 0.6) is 0 Å². The van der Waals surface area contributed by atoms with Gasteiger partial charge in [-0.15, -0.1) is 0 Å². The Labute approximate surface area is 148 Å². The van der Waals surface area contributed by atoms with Gasteiger partial charge in [-0.1, -0.05) is 12.8 Å². The van der Waals surface area contributed by atoms with Gasteiger partial charge >= 0.3 is 5.97 Å². The zero-order valence-electron chi connectivity index (χ0n) is 14.6. The van der Waals surface area contributed by atoms with Crippen molar-refractivity contribution in [1.82, 2.24) is 14.8 Å². The minimum Gasteiger partial charge on any atom is -0.481 e. The van der Waals surface area contributed by atoms with Gasteiger partial charge in [0.15, 0.2) is 0 Å². The molecule has 0 aromatic carbocycles. The zero-order valence-corrected chi connectivity index (χ0v) is 14.6. The van der Waals surface area contributed by atoms with E-state index in [1.807, 2.05) is 0 Å². The van der Waals surface area contributed by atoms with E-state index in [2.05, 4.69) is 15.2 Å². The van der Waals surface area contributed by atoms with Gasteiger partial charge in [-0.3, -0.25) is 14.5 Å². The molecule has 1 atom stereocenters. The van der Waals surface area contributed by atoms with Gasteiger partial charge in [0.25, 0.3) is 5.91 Å². The number of nitrogens with zero attached hydrogens (tertiary/aromatic N) is 3. The maximum atomic E-state index is 12.9. The molecular weight excluding hydrogens is 320 g/mol. The summed E-state index contributed by atoms with van der Waals surface area (Å²) in [5, 5.41) is 12.5. The van der Waals surface area contributed by atoms with Gasteiger partial charge in [-0.2, -0.15) is 0 Å². The first-order valence-electron chi connectivity index (χ1n) is 8.98. The lowest BCUT2D eigenvalue weighted by Crippen LogP contribution is -2.39. The molecule has 2 heterocycles. The van der Waals surface area contributed by atoms with E-state index in [1.54, 1.807) is 30.3 Å². The number of aromatic nitrogens is 1. The molecule has 136 valence electrons. The number of carbonyl (C=O) groups excluding carboxylic acids is 1. The van der Waals surface area contributed by atoms with Crippen LogP contribution in [0.15, 0.2) is 18.3 Å².